The van der Waals surface area contributed by atoms with Crippen molar-refractivity contribution in [1.82, 2.24) is 4.98 Å². The van der Waals surface area contributed by atoms with Crippen LogP contribution in [0.1, 0.15) is 28.8 Å². The Bertz CT molecular complexity index is 1210. The SMILES string of the molecule is OCCC#Cc1sc(-c2ccc(F)cc2)c(-c2ccncc2)c1CCCc1ccccc1. The monoisotopic (exact) mass is 441 g/mol. The van der Waals surface area contributed by atoms with Crippen molar-refractivity contribution in [2.75, 3.05) is 6.61 Å². The molecule has 4 aromatic rings. The third kappa shape index (κ3) is 5.31. The molecular weight excluding hydrogens is 417 g/mol. The van der Waals surface area contributed by atoms with Gasteiger partial charge >= 0.3 is 0 Å². The number of halogens is 1. The Morgan fingerprint density at radius 2 is 1.62 bits per heavy atom. The van der Waals surface area contributed by atoms with Gasteiger partial charge in [-0.05, 0) is 65.8 Å². The van der Waals surface area contributed by atoms with Crippen molar-refractivity contribution in [3.8, 4) is 33.4 Å². The standard InChI is InChI=1S/C28H24FNOS/c29-24-14-12-23(13-15-24)28-27(22-16-18-30-19-17-22)25(26(32-28)11-4-5-20-31)10-6-9-21-7-2-1-3-8-21/h1-3,7-8,12-19,31H,5-6,9-10,20H2. The molecule has 0 aliphatic heterocycles. The van der Waals surface area contributed by atoms with Crippen LogP contribution >= 0.6 is 11.3 Å². The molecular formula is C28H24FNOS. The lowest BCUT2D eigenvalue weighted by atomic mass is 9.94. The molecule has 1 N–H and O–H groups in total. The number of aryl methyl sites for hydroxylation is 1. The van der Waals surface area contributed by atoms with E-state index in [1.807, 2.05) is 30.3 Å². The lowest BCUT2D eigenvalue weighted by molar-refractivity contribution is 0.305. The van der Waals surface area contributed by atoms with Gasteiger partial charge < -0.3 is 5.11 Å². The molecule has 0 unspecified atom stereocenters. The smallest absolute Gasteiger partial charge is 0.123 e. The molecule has 2 aromatic heterocycles. The first-order chi connectivity index (χ1) is 15.8. The lowest BCUT2D eigenvalue weighted by Gasteiger charge is -2.09. The molecule has 0 radical (unpaired) electrons. The number of rotatable bonds is 7. The van der Waals surface area contributed by atoms with Gasteiger partial charge in [-0.3, -0.25) is 4.98 Å². The number of aromatic nitrogens is 1. The van der Waals surface area contributed by atoms with Gasteiger partial charge in [0.2, 0.25) is 0 Å². The molecule has 2 aromatic carbocycles. The maximum Gasteiger partial charge on any atom is 0.123 e. The van der Waals surface area contributed by atoms with Gasteiger partial charge in [-0.25, -0.2) is 4.39 Å². The van der Waals surface area contributed by atoms with Crippen LogP contribution in [0, 0.1) is 17.7 Å². The molecule has 0 amide bonds. The van der Waals surface area contributed by atoms with Gasteiger partial charge in [0.25, 0.3) is 0 Å². The van der Waals surface area contributed by atoms with Crippen molar-refractivity contribution in [1.29, 1.82) is 0 Å². The summed E-state index contributed by atoms with van der Waals surface area (Å²) in [4.78, 5) is 6.28. The van der Waals surface area contributed by atoms with Crippen LogP contribution in [-0.2, 0) is 12.8 Å². The first-order valence-corrected chi connectivity index (χ1v) is 11.5. The van der Waals surface area contributed by atoms with E-state index in [0.717, 1.165) is 45.7 Å². The van der Waals surface area contributed by atoms with E-state index in [9.17, 15) is 9.50 Å². The summed E-state index contributed by atoms with van der Waals surface area (Å²) >= 11 is 1.64. The number of aliphatic hydroxyl groups excluding tert-OH is 1. The van der Waals surface area contributed by atoms with Gasteiger partial charge in [-0.2, -0.15) is 0 Å². The second-order valence-electron chi connectivity index (χ2n) is 7.47. The van der Waals surface area contributed by atoms with E-state index in [1.165, 1.54) is 23.3 Å². The normalized spacial score (nSPS) is 10.6. The van der Waals surface area contributed by atoms with E-state index >= 15 is 0 Å². The molecule has 2 heterocycles. The topological polar surface area (TPSA) is 33.1 Å². The molecule has 0 saturated heterocycles. The molecule has 160 valence electrons. The fraction of sp³-hybridized carbons (Fsp3) is 0.179. The van der Waals surface area contributed by atoms with Crippen LogP contribution < -0.4 is 0 Å². The highest BCUT2D eigenvalue weighted by Crippen LogP contribution is 2.43. The number of hydrogen-bond donors (Lipinski definition) is 1. The summed E-state index contributed by atoms with van der Waals surface area (Å²) < 4.78 is 13.6. The van der Waals surface area contributed by atoms with Crippen LogP contribution in [0.4, 0.5) is 4.39 Å². The van der Waals surface area contributed by atoms with Gasteiger partial charge in [-0.15, -0.1) is 11.3 Å². The van der Waals surface area contributed by atoms with Crippen LogP contribution in [0.2, 0.25) is 0 Å². The predicted octanol–water partition coefficient (Wildman–Crippen LogP) is 6.53. The van der Waals surface area contributed by atoms with Crippen LogP contribution in [0.3, 0.4) is 0 Å². The third-order valence-electron chi connectivity index (χ3n) is 5.26. The zero-order chi connectivity index (χ0) is 22.2. The van der Waals surface area contributed by atoms with Crippen LogP contribution in [0.15, 0.2) is 79.1 Å². The third-order valence-corrected chi connectivity index (χ3v) is 6.45. The zero-order valence-corrected chi connectivity index (χ0v) is 18.5. The Hall–Kier alpha value is -3.26. The van der Waals surface area contributed by atoms with Crippen molar-refractivity contribution < 1.29 is 9.50 Å². The number of thiophene rings is 1. The number of hydrogen-bond acceptors (Lipinski definition) is 3. The molecule has 4 heteroatoms. The van der Waals surface area contributed by atoms with E-state index in [-0.39, 0.29) is 12.4 Å². The minimum Gasteiger partial charge on any atom is -0.395 e. The summed E-state index contributed by atoms with van der Waals surface area (Å²) in [6, 6.07) is 21.2. The van der Waals surface area contributed by atoms with Crippen LogP contribution in [0.25, 0.3) is 21.6 Å². The van der Waals surface area contributed by atoms with Gasteiger partial charge in [0.05, 0.1) is 11.5 Å². The first-order valence-electron chi connectivity index (χ1n) is 10.7. The molecule has 0 aliphatic rings. The molecule has 4 rings (SSSR count). The Labute approximate surface area is 192 Å². The minimum absolute atomic E-state index is 0.0454. The minimum atomic E-state index is -0.248. The number of nitrogens with zero attached hydrogens (tertiary/aromatic N) is 1. The van der Waals surface area contributed by atoms with E-state index in [1.54, 1.807) is 23.7 Å². The summed E-state index contributed by atoms with van der Waals surface area (Å²) in [5.41, 5.74) is 5.73. The molecule has 0 atom stereocenters. The van der Waals surface area contributed by atoms with Gasteiger partial charge in [0.15, 0.2) is 0 Å². The van der Waals surface area contributed by atoms with Crippen molar-refractivity contribution in [2.45, 2.75) is 25.7 Å². The highest BCUT2D eigenvalue weighted by atomic mass is 32.1. The second-order valence-corrected chi connectivity index (χ2v) is 8.49. The molecule has 32 heavy (non-hydrogen) atoms. The van der Waals surface area contributed by atoms with E-state index < -0.39 is 0 Å². The van der Waals surface area contributed by atoms with Gasteiger partial charge in [0.1, 0.15) is 5.82 Å². The molecule has 2 nitrogen and oxygen atoms in total. The molecule has 0 aliphatic carbocycles. The maximum atomic E-state index is 13.6. The molecule has 0 spiro atoms. The molecule has 0 fully saturated rings. The van der Waals surface area contributed by atoms with Crippen LogP contribution in [0.5, 0.6) is 0 Å². The van der Waals surface area contributed by atoms with Crippen molar-refractivity contribution in [3.63, 3.8) is 0 Å². The number of benzene rings is 2. The predicted molar refractivity (Wildman–Crippen MR) is 130 cm³/mol. The van der Waals surface area contributed by atoms with Gasteiger partial charge in [0, 0.05) is 29.3 Å². The highest BCUT2D eigenvalue weighted by molar-refractivity contribution is 7.16. The Morgan fingerprint density at radius 3 is 2.34 bits per heavy atom. The second kappa shape index (κ2) is 10.9. The van der Waals surface area contributed by atoms with E-state index in [2.05, 4.69) is 41.1 Å². The highest BCUT2D eigenvalue weighted by Gasteiger charge is 2.20. The fourth-order valence-corrected chi connectivity index (χ4v) is 5.00. The lowest BCUT2D eigenvalue weighted by Crippen LogP contribution is -1.94. The van der Waals surface area contributed by atoms with E-state index in [0.29, 0.717) is 6.42 Å². The van der Waals surface area contributed by atoms with Gasteiger partial charge in [-0.1, -0.05) is 54.3 Å². The summed E-state index contributed by atoms with van der Waals surface area (Å²) in [5, 5.41) is 9.18. The molecule has 0 bridgehead atoms. The quantitative estimate of drug-likeness (QED) is 0.331. The Balaban J connectivity index is 1.78. The van der Waals surface area contributed by atoms with Crippen molar-refractivity contribution >= 4 is 11.3 Å². The van der Waals surface area contributed by atoms with E-state index in [4.69, 9.17) is 0 Å². The number of aliphatic hydroxyl groups is 1. The van der Waals surface area contributed by atoms with Crippen molar-refractivity contribution in [3.05, 3.63) is 101 Å². The summed E-state index contributed by atoms with van der Waals surface area (Å²) in [5.74, 6) is 6.14. The molecule has 0 saturated carbocycles. The fourth-order valence-electron chi connectivity index (χ4n) is 3.75. The first kappa shape index (κ1) is 22.0. The van der Waals surface area contributed by atoms with Crippen molar-refractivity contribution in [2.24, 2.45) is 0 Å². The summed E-state index contributed by atoms with van der Waals surface area (Å²) in [6.45, 7) is 0.0454. The maximum absolute atomic E-state index is 13.6. The zero-order valence-electron chi connectivity index (χ0n) is 17.7. The summed E-state index contributed by atoms with van der Waals surface area (Å²) in [6.07, 6.45) is 6.90. The summed E-state index contributed by atoms with van der Waals surface area (Å²) in [7, 11) is 0. The largest absolute Gasteiger partial charge is 0.395 e. The number of pyridine rings is 1. The van der Waals surface area contributed by atoms with Crippen LogP contribution in [-0.4, -0.2) is 16.7 Å². The average Bonchev–Trinajstić information content (AvgIpc) is 3.19. The average molecular weight is 442 g/mol. The Morgan fingerprint density at radius 1 is 0.875 bits per heavy atom. The Kier molecular flexibility index (Phi) is 7.45.